The summed E-state index contributed by atoms with van der Waals surface area (Å²) in [6, 6.07) is 6.16. The second-order valence-electron chi connectivity index (χ2n) is 6.01. The van der Waals surface area contributed by atoms with E-state index in [-0.39, 0.29) is 10.7 Å². The maximum Gasteiger partial charge on any atom is 0.150 e. The number of hydrogen-bond donors (Lipinski definition) is 2. The van der Waals surface area contributed by atoms with Crippen molar-refractivity contribution in [3.05, 3.63) is 82.1 Å². The van der Waals surface area contributed by atoms with Gasteiger partial charge in [0.15, 0.2) is 0 Å². The smallest absolute Gasteiger partial charge is 0.150 e. The normalized spacial score (nSPS) is 18.6. The molecule has 2 aliphatic carbocycles. The van der Waals surface area contributed by atoms with E-state index in [0.717, 1.165) is 30.4 Å². The van der Waals surface area contributed by atoms with Gasteiger partial charge in [-0.3, -0.25) is 10.2 Å². The highest BCUT2D eigenvalue weighted by Crippen LogP contribution is 2.30. The van der Waals surface area contributed by atoms with Crippen LogP contribution < -0.4 is 5.32 Å². The van der Waals surface area contributed by atoms with Gasteiger partial charge in [0, 0.05) is 23.0 Å². The zero-order valence-electron chi connectivity index (χ0n) is 14.0. The van der Waals surface area contributed by atoms with Gasteiger partial charge in [0.1, 0.15) is 6.29 Å². The quantitative estimate of drug-likeness (QED) is 0.723. The molecule has 0 amide bonds. The summed E-state index contributed by atoms with van der Waals surface area (Å²) >= 11 is 6.03. The van der Waals surface area contributed by atoms with Crippen molar-refractivity contribution in [1.29, 1.82) is 5.41 Å². The lowest BCUT2D eigenvalue weighted by atomic mass is 9.93. The van der Waals surface area contributed by atoms with Gasteiger partial charge < -0.3 is 5.32 Å². The zero-order valence-corrected chi connectivity index (χ0v) is 14.7. The molecule has 0 aromatic heterocycles. The maximum atomic E-state index is 11.0. The predicted molar refractivity (Wildman–Crippen MR) is 105 cm³/mol. The van der Waals surface area contributed by atoms with E-state index in [0.29, 0.717) is 11.1 Å². The molecule has 1 aromatic rings. The van der Waals surface area contributed by atoms with Crippen LogP contribution in [-0.2, 0) is 4.79 Å². The van der Waals surface area contributed by atoms with Gasteiger partial charge in [-0.2, -0.15) is 0 Å². The fraction of sp³-hybridized carbons (Fsp3) is 0.143. The van der Waals surface area contributed by atoms with Crippen molar-refractivity contribution in [2.45, 2.75) is 19.8 Å². The van der Waals surface area contributed by atoms with Gasteiger partial charge in [0.2, 0.25) is 0 Å². The lowest BCUT2D eigenvalue weighted by Gasteiger charge is -2.16. The summed E-state index contributed by atoms with van der Waals surface area (Å²) in [6.45, 7) is 2.08. The highest BCUT2D eigenvalue weighted by Gasteiger charge is 2.14. The number of halogens is 1. The summed E-state index contributed by atoms with van der Waals surface area (Å²) < 4.78 is 0. The van der Waals surface area contributed by atoms with Gasteiger partial charge >= 0.3 is 0 Å². The molecule has 0 spiro atoms. The molecule has 3 nitrogen and oxygen atoms in total. The van der Waals surface area contributed by atoms with E-state index in [1.807, 2.05) is 12.1 Å². The van der Waals surface area contributed by atoms with Gasteiger partial charge in [0.25, 0.3) is 0 Å². The van der Waals surface area contributed by atoms with Crippen LogP contribution in [0.5, 0.6) is 0 Å². The monoisotopic (exact) mass is 350 g/mol. The Balaban J connectivity index is 1.89. The van der Waals surface area contributed by atoms with Gasteiger partial charge in [-0.25, -0.2) is 0 Å². The van der Waals surface area contributed by atoms with Crippen molar-refractivity contribution in [3.8, 4) is 0 Å². The SMILES string of the molecule is Cc1c(N/C=C2/C=C(C=O)C=C(Cl)C2=N)cccc1C1=CC=CCC1. The number of anilines is 1. The first-order valence-corrected chi connectivity index (χ1v) is 8.53. The molecule has 0 heterocycles. The minimum atomic E-state index is 0.203. The fourth-order valence-corrected chi connectivity index (χ4v) is 3.19. The largest absolute Gasteiger partial charge is 0.361 e. The van der Waals surface area contributed by atoms with Crippen LogP contribution in [0.4, 0.5) is 5.69 Å². The van der Waals surface area contributed by atoms with Crippen LogP contribution in [0.1, 0.15) is 24.0 Å². The van der Waals surface area contributed by atoms with E-state index in [4.69, 9.17) is 17.0 Å². The first kappa shape index (κ1) is 17.2. The van der Waals surface area contributed by atoms with E-state index in [1.54, 1.807) is 12.3 Å². The summed E-state index contributed by atoms with van der Waals surface area (Å²) in [4.78, 5) is 11.0. The fourth-order valence-electron chi connectivity index (χ4n) is 2.95. The summed E-state index contributed by atoms with van der Waals surface area (Å²) in [7, 11) is 0. The lowest BCUT2D eigenvalue weighted by molar-refractivity contribution is -0.104. The lowest BCUT2D eigenvalue weighted by Crippen LogP contribution is -2.08. The number of nitrogens with one attached hydrogen (secondary N) is 2. The number of hydrogen-bond acceptors (Lipinski definition) is 3. The van der Waals surface area contributed by atoms with Crippen LogP contribution in [0.3, 0.4) is 0 Å². The highest BCUT2D eigenvalue weighted by molar-refractivity contribution is 6.47. The van der Waals surface area contributed by atoms with E-state index in [1.165, 1.54) is 17.2 Å². The molecule has 0 unspecified atom stereocenters. The first-order chi connectivity index (χ1) is 12.1. The molecule has 0 bridgehead atoms. The van der Waals surface area contributed by atoms with Crippen LogP contribution in [0.15, 0.2) is 71.0 Å². The third-order valence-corrected chi connectivity index (χ3v) is 4.65. The van der Waals surface area contributed by atoms with Crippen molar-refractivity contribution in [3.63, 3.8) is 0 Å². The summed E-state index contributed by atoms with van der Waals surface area (Å²) in [6.07, 6.45) is 14.2. The Morgan fingerprint density at radius 1 is 1.28 bits per heavy atom. The summed E-state index contributed by atoms with van der Waals surface area (Å²) in [5.74, 6) is 0. The molecular formula is C21H19ClN2O. The minimum absolute atomic E-state index is 0.203. The van der Waals surface area contributed by atoms with E-state index in [9.17, 15) is 4.79 Å². The Labute approximate surface area is 152 Å². The Kier molecular flexibility index (Phi) is 5.15. The zero-order chi connectivity index (χ0) is 17.8. The Morgan fingerprint density at radius 2 is 2.12 bits per heavy atom. The molecule has 0 radical (unpaired) electrons. The average molecular weight is 351 g/mol. The predicted octanol–water partition coefficient (Wildman–Crippen LogP) is 5.31. The number of allylic oxidation sites excluding steroid dienone is 9. The Bertz CT molecular complexity index is 885. The van der Waals surface area contributed by atoms with Gasteiger partial charge in [-0.1, -0.05) is 42.0 Å². The number of carbonyl (C=O) groups is 1. The molecule has 25 heavy (non-hydrogen) atoms. The number of rotatable bonds is 4. The second kappa shape index (κ2) is 7.49. The van der Waals surface area contributed by atoms with E-state index >= 15 is 0 Å². The average Bonchev–Trinajstić information content (AvgIpc) is 2.64. The van der Waals surface area contributed by atoms with Crippen LogP contribution in [0.2, 0.25) is 0 Å². The number of carbonyl (C=O) groups excluding carboxylic acids is 1. The van der Waals surface area contributed by atoms with E-state index < -0.39 is 0 Å². The maximum absolute atomic E-state index is 11.0. The summed E-state index contributed by atoms with van der Waals surface area (Å²) in [5, 5.41) is 11.6. The van der Waals surface area contributed by atoms with Crippen LogP contribution in [-0.4, -0.2) is 12.0 Å². The van der Waals surface area contributed by atoms with Crippen molar-refractivity contribution in [2.24, 2.45) is 0 Å². The third-order valence-electron chi connectivity index (χ3n) is 4.36. The topological polar surface area (TPSA) is 53.0 Å². The van der Waals surface area contributed by atoms with Crippen LogP contribution >= 0.6 is 11.6 Å². The number of benzene rings is 1. The minimum Gasteiger partial charge on any atom is -0.361 e. The molecule has 126 valence electrons. The van der Waals surface area contributed by atoms with Crippen LogP contribution in [0, 0.1) is 12.3 Å². The van der Waals surface area contributed by atoms with Crippen molar-refractivity contribution < 1.29 is 4.79 Å². The molecule has 0 fully saturated rings. The second-order valence-corrected chi connectivity index (χ2v) is 6.42. The molecule has 2 aliphatic rings. The van der Waals surface area contributed by atoms with Gasteiger partial charge in [0.05, 0.1) is 10.7 Å². The van der Waals surface area contributed by atoms with Crippen molar-refractivity contribution >= 4 is 34.9 Å². The Hall–Kier alpha value is -2.65. The molecule has 2 N–H and O–H groups in total. The molecule has 0 saturated heterocycles. The van der Waals surface area contributed by atoms with Gasteiger partial charge in [-0.05, 0) is 54.7 Å². The first-order valence-electron chi connectivity index (χ1n) is 8.16. The van der Waals surface area contributed by atoms with Crippen molar-refractivity contribution in [1.82, 2.24) is 0 Å². The molecule has 0 atom stereocenters. The molecular weight excluding hydrogens is 332 g/mol. The molecule has 3 rings (SSSR count). The molecule has 4 heteroatoms. The van der Waals surface area contributed by atoms with Crippen LogP contribution in [0.25, 0.3) is 5.57 Å². The Morgan fingerprint density at radius 3 is 2.84 bits per heavy atom. The standard InChI is InChI=1S/C21H19ClN2O/c1-14-18(16-6-3-2-4-7-16)8-5-9-20(14)24-12-17-10-15(13-25)11-19(22)21(17)23/h2-3,5-6,8-13,23-24H,4,7H2,1H3/b17-12-,23-21?. The van der Waals surface area contributed by atoms with Crippen molar-refractivity contribution in [2.75, 3.05) is 5.32 Å². The molecule has 1 aromatic carbocycles. The molecule has 0 aliphatic heterocycles. The number of aldehydes is 1. The van der Waals surface area contributed by atoms with Gasteiger partial charge in [-0.15, -0.1) is 0 Å². The van der Waals surface area contributed by atoms with E-state index in [2.05, 4.69) is 36.5 Å². The molecule has 0 saturated carbocycles. The third kappa shape index (κ3) is 3.72. The summed E-state index contributed by atoms with van der Waals surface area (Å²) in [5.41, 5.74) is 5.93. The highest BCUT2D eigenvalue weighted by atomic mass is 35.5.